The van der Waals surface area contributed by atoms with Crippen LogP contribution in [0.2, 0.25) is 0 Å². The number of ether oxygens (including phenoxy) is 2. The predicted octanol–water partition coefficient (Wildman–Crippen LogP) is 1.47. The number of nitrogens with one attached hydrogen (secondary N) is 2. The highest BCUT2D eigenvalue weighted by atomic mass is 16.5. The van der Waals surface area contributed by atoms with Crippen molar-refractivity contribution in [1.82, 2.24) is 15.5 Å². The Morgan fingerprint density at radius 3 is 2.88 bits per heavy atom. The molecule has 0 aromatic carbocycles. The van der Waals surface area contributed by atoms with Gasteiger partial charge in [0.05, 0.1) is 12.7 Å². The highest BCUT2D eigenvalue weighted by Gasteiger charge is 2.15. The second-order valence-electron chi connectivity index (χ2n) is 6.97. The Balaban J connectivity index is 1.58. The van der Waals surface area contributed by atoms with E-state index >= 15 is 0 Å². The Morgan fingerprint density at radius 1 is 1.33 bits per heavy atom. The summed E-state index contributed by atoms with van der Waals surface area (Å²) in [7, 11) is 0. The molecule has 2 atom stereocenters. The van der Waals surface area contributed by atoms with Crippen LogP contribution in [-0.4, -0.2) is 76.1 Å². The minimum Gasteiger partial charge on any atom is -0.379 e. The van der Waals surface area contributed by atoms with Gasteiger partial charge in [-0.1, -0.05) is 6.92 Å². The van der Waals surface area contributed by atoms with Crippen molar-refractivity contribution in [2.45, 2.75) is 45.6 Å². The van der Waals surface area contributed by atoms with E-state index in [0.717, 1.165) is 58.3 Å². The summed E-state index contributed by atoms with van der Waals surface area (Å²) in [4.78, 5) is 7.30. The fraction of sp³-hybridized carbons (Fsp3) is 0.944. The maximum absolute atomic E-state index is 5.79. The third kappa shape index (κ3) is 7.81. The first-order chi connectivity index (χ1) is 11.8. The first-order valence-corrected chi connectivity index (χ1v) is 9.71. The lowest BCUT2D eigenvalue weighted by Crippen LogP contribution is -2.38. The SMILES string of the molecule is CCNC(=NCC(C)CN1CCCC1)NCCCOC1CCOC1. The summed E-state index contributed by atoms with van der Waals surface area (Å²) < 4.78 is 11.1. The summed E-state index contributed by atoms with van der Waals surface area (Å²) in [6.07, 6.45) is 5.04. The highest BCUT2D eigenvalue weighted by Crippen LogP contribution is 2.10. The Labute approximate surface area is 147 Å². The predicted molar refractivity (Wildman–Crippen MR) is 98.6 cm³/mol. The third-order valence-corrected chi connectivity index (χ3v) is 4.53. The fourth-order valence-corrected chi connectivity index (χ4v) is 3.23. The number of likely N-dealkylation sites (tertiary alicyclic amines) is 1. The van der Waals surface area contributed by atoms with Crippen LogP contribution in [0.15, 0.2) is 4.99 Å². The normalized spacial score (nSPS) is 23.6. The second kappa shape index (κ2) is 11.7. The molecule has 0 amide bonds. The molecule has 6 heteroatoms. The molecular weight excluding hydrogens is 304 g/mol. The van der Waals surface area contributed by atoms with E-state index in [-0.39, 0.29) is 0 Å². The van der Waals surface area contributed by atoms with Crippen molar-refractivity contribution in [1.29, 1.82) is 0 Å². The maximum Gasteiger partial charge on any atom is 0.191 e. The molecule has 2 fully saturated rings. The van der Waals surface area contributed by atoms with Gasteiger partial charge < -0.3 is 25.0 Å². The molecule has 2 unspecified atom stereocenters. The van der Waals surface area contributed by atoms with Gasteiger partial charge in [0.25, 0.3) is 0 Å². The number of nitrogens with zero attached hydrogens (tertiary/aromatic N) is 2. The first-order valence-electron chi connectivity index (χ1n) is 9.71. The van der Waals surface area contributed by atoms with Gasteiger partial charge in [-0.2, -0.15) is 0 Å². The molecule has 2 N–H and O–H groups in total. The van der Waals surface area contributed by atoms with Crippen LogP contribution < -0.4 is 10.6 Å². The van der Waals surface area contributed by atoms with Crippen LogP contribution in [0.4, 0.5) is 0 Å². The van der Waals surface area contributed by atoms with E-state index in [1.807, 2.05) is 0 Å². The zero-order valence-electron chi connectivity index (χ0n) is 15.6. The van der Waals surface area contributed by atoms with Crippen LogP contribution >= 0.6 is 0 Å². The molecule has 0 saturated carbocycles. The highest BCUT2D eigenvalue weighted by molar-refractivity contribution is 5.79. The molecule has 2 heterocycles. The first kappa shape index (κ1) is 19.5. The van der Waals surface area contributed by atoms with Gasteiger partial charge in [0.1, 0.15) is 0 Å². The topological polar surface area (TPSA) is 58.1 Å². The number of hydrogen-bond donors (Lipinski definition) is 2. The molecular formula is C18H36N4O2. The maximum atomic E-state index is 5.79. The Bertz CT molecular complexity index is 353. The lowest BCUT2D eigenvalue weighted by atomic mass is 10.2. The fourth-order valence-electron chi connectivity index (χ4n) is 3.23. The van der Waals surface area contributed by atoms with Crippen molar-refractivity contribution in [3.05, 3.63) is 0 Å². The smallest absolute Gasteiger partial charge is 0.191 e. The monoisotopic (exact) mass is 340 g/mol. The number of hydrogen-bond acceptors (Lipinski definition) is 4. The standard InChI is InChI=1S/C18H36N4O2/c1-3-19-18(20-8-6-11-24-17-7-12-23-15-17)21-13-16(2)14-22-9-4-5-10-22/h16-17H,3-15H2,1-2H3,(H2,19,20,21). The summed E-state index contributed by atoms with van der Waals surface area (Å²) in [5.41, 5.74) is 0. The van der Waals surface area contributed by atoms with Crippen LogP contribution in [0.3, 0.4) is 0 Å². The van der Waals surface area contributed by atoms with Crippen LogP contribution in [-0.2, 0) is 9.47 Å². The Morgan fingerprint density at radius 2 is 2.17 bits per heavy atom. The second-order valence-corrected chi connectivity index (χ2v) is 6.97. The van der Waals surface area contributed by atoms with Crippen LogP contribution in [0, 0.1) is 5.92 Å². The van der Waals surface area contributed by atoms with Crippen molar-refractivity contribution >= 4 is 5.96 Å². The molecule has 2 rings (SSSR count). The van der Waals surface area contributed by atoms with Crippen molar-refractivity contribution in [2.24, 2.45) is 10.9 Å². The van der Waals surface area contributed by atoms with E-state index in [1.165, 1.54) is 32.5 Å². The van der Waals surface area contributed by atoms with Crippen molar-refractivity contribution < 1.29 is 9.47 Å². The van der Waals surface area contributed by atoms with Gasteiger partial charge in [-0.25, -0.2) is 0 Å². The van der Waals surface area contributed by atoms with Gasteiger partial charge in [0.15, 0.2) is 5.96 Å². The molecule has 0 bridgehead atoms. The number of rotatable bonds is 10. The summed E-state index contributed by atoms with van der Waals surface area (Å²) in [6.45, 7) is 13.1. The van der Waals surface area contributed by atoms with E-state index in [0.29, 0.717) is 12.0 Å². The quantitative estimate of drug-likeness (QED) is 0.358. The van der Waals surface area contributed by atoms with E-state index in [1.54, 1.807) is 0 Å². The van der Waals surface area contributed by atoms with Gasteiger partial charge in [-0.3, -0.25) is 4.99 Å². The minimum atomic E-state index is 0.304. The van der Waals surface area contributed by atoms with Crippen LogP contribution in [0.25, 0.3) is 0 Å². The number of guanidine groups is 1. The molecule has 2 aliphatic heterocycles. The molecule has 6 nitrogen and oxygen atoms in total. The molecule has 2 aliphatic rings. The molecule has 24 heavy (non-hydrogen) atoms. The average Bonchev–Trinajstić information content (AvgIpc) is 3.26. The Kier molecular flexibility index (Phi) is 9.46. The van der Waals surface area contributed by atoms with Crippen molar-refractivity contribution in [2.75, 3.05) is 59.1 Å². The molecule has 0 spiro atoms. The summed E-state index contributed by atoms with van der Waals surface area (Å²) in [5.74, 6) is 1.53. The molecule has 140 valence electrons. The van der Waals surface area contributed by atoms with Crippen molar-refractivity contribution in [3.8, 4) is 0 Å². The molecule has 2 saturated heterocycles. The molecule has 0 radical (unpaired) electrons. The van der Waals surface area contributed by atoms with E-state index < -0.39 is 0 Å². The summed E-state index contributed by atoms with van der Waals surface area (Å²) >= 11 is 0. The summed E-state index contributed by atoms with van der Waals surface area (Å²) in [5, 5.41) is 6.74. The van der Waals surface area contributed by atoms with Crippen molar-refractivity contribution in [3.63, 3.8) is 0 Å². The summed E-state index contributed by atoms with van der Waals surface area (Å²) in [6, 6.07) is 0. The third-order valence-electron chi connectivity index (χ3n) is 4.53. The van der Waals surface area contributed by atoms with Gasteiger partial charge in [0.2, 0.25) is 0 Å². The van der Waals surface area contributed by atoms with Crippen LogP contribution in [0.5, 0.6) is 0 Å². The number of aliphatic imine (C=N–C) groups is 1. The van der Waals surface area contributed by atoms with Crippen LogP contribution in [0.1, 0.15) is 39.5 Å². The zero-order chi connectivity index (χ0) is 17.0. The van der Waals surface area contributed by atoms with Gasteiger partial charge in [0, 0.05) is 39.4 Å². The largest absolute Gasteiger partial charge is 0.379 e. The zero-order valence-corrected chi connectivity index (χ0v) is 15.6. The molecule has 0 aromatic heterocycles. The van der Waals surface area contributed by atoms with Gasteiger partial charge in [-0.15, -0.1) is 0 Å². The minimum absolute atomic E-state index is 0.304. The Hall–Kier alpha value is -0.850. The van der Waals surface area contributed by atoms with E-state index in [4.69, 9.17) is 14.5 Å². The molecule has 0 aromatic rings. The lowest BCUT2D eigenvalue weighted by Gasteiger charge is -2.19. The lowest BCUT2D eigenvalue weighted by molar-refractivity contribution is 0.0420. The van der Waals surface area contributed by atoms with Gasteiger partial charge >= 0.3 is 0 Å². The average molecular weight is 341 g/mol. The van der Waals surface area contributed by atoms with E-state index in [9.17, 15) is 0 Å². The van der Waals surface area contributed by atoms with Gasteiger partial charge in [-0.05, 0) is 51.6 Å². The van der Waals surface area contributed by atoms with E-state index in [2.05, 4.69) is 29.4 Å². The molecule has 0 aliphatic carbocycles.